The van der Waals surface area contributed by atoms with Crippen LogP contribution in [0.5, 0.6) is 0 Å². The molecule has 1 N–H and O–H groups in total. The highest BCUT2D eigenvalue weighted by Gasteiger charge is 2.19. The van der Waals surface area contributed by atoms with Crippen molar-refractivity contribution in [3.63, 3.8) is 0 Å². The molecule has 0 aliphatic carbocycles. The summed E-state index contributed by atoms with van der Waals surface area (Å²) < 4.78 is 3.69. The van der Waals surface area contributed by atoms with Crippen molar-refractivity contribution in [2.45, 2.75) is 34.2 Å². The van der Waals surface area contributed by atoms with Crippen molar-refractivity contribution in [1.29, 1.82) is 0 Å². The molecule has 6 nitrogen and oxygen atoms in total. The summed E-state index contributed by atoms with van der Waals surface area (Å²) >= 11 is 0. The summed E-state index contributed by atoms with van der Waals surface area (Å²) in [4.78, 5) is 17.1. The van der Waals surface area contributed by atoms with E-state index in [1.54, 1.807) is 4.40 Å². The Morgan fingerprint density at radius 2 is 2.00 bits per heavy atom. The van der Waals surface area contributed by atoms with E-state index < -0.39 is 0 Å². The zero-order valence-corrected chi connectivity index (χ0v) is 13.2. The first-order chi connectivity index (χ1) is 10.5. The highest BCUT2D eigenvalue weighted by atomic mass is 16.2. The SMILES string of the molecule is CCn1nc(C)c(NC(=O)c2c(C)nc3ccccn23)c1C. The van der Waals surface area contributed by atoms with E-state index in [0.29, 0.717) is 11.4 Å². The Hall–Kier alpha value is -2.63. The van der Waals surface area contributed by atoms with Crippen LogP contribution >= 0.6 is 0 Å². The lowest BCUT2D eigenvalue weighted by molar-refractivity contribution is 0.102. The van der Waals surface area contributed by atoms with E-state index >= 15 is 0 Å². The highest BCUT2D eigenvalue weighted by Crippen LogP contribution is 2.21. The van der Waals surface area contributed by atoms with Gasteiger partial charge in [0.2, 0.25) is 0 Å². The van der Waals surface area contributed by atoms with Crippen LogP contribution in [0, 0.1) is 20.8 Å². The van der Waals surface area contributed by atoms with Gasteiger partial charge in [0.05, 0.1) is 22.8 Å². The first-order valence-corrected chi connectivity index (χ1v) is 7.32. The second-order valence-corrected chi connectivity index (χ2v) is 5.29. The summed E-state index contributed by atoms with van der Waals surface area (Å²) in [7, 11) is 0. The van der Waals surface area contributed by atoms with Gasteiger partial charge in [0.25, 0.3) is 5.91 Å². The fourth-order valence-electron chi connectivity index (χ4n) is 2.75. The minimum Gasteiger partial charge on any atom is -0.317 e. The Bertz CT molecular complexity index is 859. The fraction of sp³-hybridized carbons (Fsp3) is 0.312. The van der Waals surface area contributed by atoms with Gasteiger partial charge in [0.15, 0.2) is 0 Å². The zero-order chi connectivity index (χ0) is 15.9. The summed E-state index contributed by atoms with van der Waals surface area (Å²) in [6, 6.07) is 5.68. The number of carbonyl (C=O) groups excluding carboxylic acids is 1. The maximum Gasteiger partial charge on any atom is 0.274 e. The molecule has 0 aliphatic heterocycles. The monoisotopic (exact) mass is 297 g/mol. The van der Waals surface area contributed by atoms with Gasteiger partial charge in [-0.1, -0.05) is 6.07 Å². The molecule has 0 saturated carbocycles. The van der Waals surface area contributed by atoms with Crippen LogP contribution in [0.25, 0.3) is 5.65 Å². The van der Waals surface area contributed by atoms with Gasteiger partial charge in [0.1, 0.15) is 11.3 Å². The molecule has 0 aliphatic rings. The maximum atomic E-state index is 12.7. The molecule has 0 saturated heterocycles. The molecule has 3 aromatic rings. The van der Waals surface area contributed by atoms with Crippen LogP contribution in [0.2, 0.25) is 0 Å². The largest absolute Gasteiger partial charge is 0.317 e. The minimum atomic E-state index is -0.168. The number of rotatable bonds is 3. The van der Waals surface area contributed by atoms with Crippen LogP contribution in [-0.4, -0.2) is 25.1 Å². The number of carbonyl (C=O) groups is 1. The molecular weight excluding hydrogens is 278 g/mol. The van der Waals surface area contributed by atoms with Crippen molar-refractivity contribution in [3.8, 4) is 0 Å². The first kappa shape index (κ1) is 14.3. The van der Waals surface area contributed by atoms with E-state index in [-0.39, 0.29) is 5.91 Å². The second kappa shape index (κ2) is 5.29. The van der Waals surface area contributed by atoms with Gasteiger partial charge >= 0.3 is 0 Å². The van der Waals surface area contributed by atoms with Crippen molar-refractivity contribution in [2.24, 2.45) is 0 Å². The lowest BCUT2D eigenvalue weighted by atomic mass is 10.2. The second-order valence-electron chi connectivity index (χ2n) is 5.29. The van der Waals surface area contributed by atoms with Gasteiger partial charge in [-0.05, 0) is 39.8 Å². The van der Waals surface area contributed by atoms with Gasteiger partial charge < -0.3 is 5.32 Å². The predicted molar refractivity (Wildman–Crippen MR) is 85.3 cm³/mol. The molecule has 0 atom stereocenters. The third-order valence-electron chi connectivity index (χ3n) is 3.84. The topological polar surface area (TPSA) is 64.2 Å². The summed E-state index contributed by atoms with van der Waals surface area (Å²) in [5, 5.41) is 7.41. The Balaban J connectivity index is 2.01. The number of pyridine rings is 1. The van der Waals surface area contributed by atoms with Gasteiger partial charge in [-0.15, -0.1) is 0 Å². The Morgan fingerprint density at radius 1 is 1.23 bits per heavy atom. The molecular formula is C16H19N5O. The molecule has 3 heterocycles. The van der Waals surface area contributed by atoms with Crippen LogP contribution in [0.15, 0.2) is 24.4 Å². The normalized spacial score (nSPS) is 11.1. The molecule has 0 unspecified atom stereocenters. The van der Waals surface area contributed by atoms with Crippen LogP contribution in [0.1, 0.15) is 34.5 Å². The van der Waals surface area contributed by atoms with Gasteiger partial charge in [-0.3, -0.25) is 13.9 Å². The molecule has 0 fully saturated rings. The molecule has 0 aromatic carbocycles. The van der Waals surface area contributed by atoms with Gasteiger partial charge in [0, 0.05) is 12.7 Å². The molecule has 0 bridgehead atoms. The summed E-state index contributed by atoms with van der Waals surface area (Å²) in [6.45, 7) is 8.50. The van der Waals surface area contributed by atoms with E-state index in [9.17, 15) is 4.79 Å². The average molecular weight is 297 g/mol. The number of hydrogen-bond acceptors (Lipinski definition) is 3. The molecule has 3 rings (SSSR count). The number of fused-ring (bicyclic) bond motifs is 1. The average Bonchev–Trinajstić information content (AvgIpc) is 2.97. The molecule has 114 valence electrons. The quantitative estimate of drug-likeness (QED) is 0.808. The number of aromatic nitrogens is 4. The smallest absolute Gasteiger partial charge is 0.274 e. The lowest BCUT2D eigenvalue weighted by Crippen LogP contribution is -2.16. The van der Waals surface area contributed by atoms with Gasteiger partial charge in [-0.2, -0.15) is 5.10 Å². The van der Waals surface area contributed by atoms with Crippen molar-refractivity contribution in [1.82, 2.24) is 19.2 Å². The zero-order valence-electron chi connectivity index (χ0n) is 13.2. The van der Waals surface area contributed by atoms with E-state index in [1.165, 1.54) is 0 Å². The van der Waals surface area contributed by atoms with Crippen molar-refractivity contribution in [2.75, 3.05) is 5.32 Å². The number of imidazole rings is 1. The predicted octanol–water partition coefficient (Wildman–Crippen LogP) is 2.73. The molecule has 6 heteroatoms. The van der Waals surface area contributed by atoms with E-state index in [0.717, 1.165) is 29.3 Å². The van der Waals surface area contributed by atoms with E-state index in [4.69, 9.17) is 0 Å². The minimum absolute atomic E-state index is 0.168. The van der Waals surface area contributed by atoms with E-state index in [2.05, 4.69) is 15.4 Å². The van der Waals surface area contributed by atoms with Crippen LogP contribution in [0.3, 0.4) is 0 Å². The van der Waals surface area contributed by atoms with Crippen LogP contribution < -0.4 is 5.32 Å². The molecule has 0 spiro atoms. The number of hydrogen-bond donors (Lipinski definition) is 1. The molecule has 1 amide bonds. The molecule has 0 radical (unpaired) electrons. The molecule has 22 heavy (non-hydrogen) atoms. The number of anilines is 1. The summed E-state index contributed by atoms with van der Waals surface area (Å²) in [5.74, 6) is -0.168. The van der Waals surface area contributed by atoms with Crippen molar-refractivity contribution < 1.29 is 4.79 Å². The molecule has 3 aromatic heterocycles. The Morgan fingerprint density at radius 3 is 2.68 bits per heavy atom. The van der Waals surface area contributed by atoms with Crippen LogP contribution in [0.4, 0.5) is 5.69 Å². The fourth-order valence-corrected chi connectivity index (χ4v) is 2.75. The Kier molecular flexibility index (Phi) is 3.44. The number of nitrogens with one attached hydrogen (secondary N) is 1. The van der Waals surface area contributed by atoms with Gasteiger partial charge in [-0.25, -0.2) is 4.98 Å². The third-order valence-corrected chi connectivity index (χ3v) is 3.84. The van der Waals surface area contributed by atoms with Crippen molar-refractivity contribution >= 4 is 17.2 Å². The van der Waals surface area contributed by atoms with Crippen LogP contribution in [-0.2, 0) is 6.54 Å². The summed E-state index contributed by atoms with van der Waals surface area (Å²) in [6.07, 6.45) is 1.85. The lowest BCUT2D eigenvalue weighted by Gasteiger charge is -2.07. The number of aryl methyl sites for hydroxylation is 3. The highest BCUT2D eigenvalue weighted by molar-refractivity contribution is 6.05. The van der Waals surface area contributed by atoms with Crippen molar-refractivity contribution in [3.05, 3.63) is 47.2 Å². The summed E-state index contributed by atoms with van der Waals surface area (Å²) in [5.41, 5.74) is 4.58. The maximum absolute atomic E-state index is 12.7. The number of amides is 1. The number of nitrogens with zero attached hydrogens (tertiary/aromatic N) is 4. The third kappa shape index (κ3) is 2.16. The standard InChI is InChI=1S/C16H19N5O/c1-5-21-12(4)14(10(2)19-21)18-16(22)15-11(3)17-13-8-6-7-9-20(13)15/h6-9H,5H2,1-4H3,(H,18,22). The Labute approximate surface area is 128 Å². The first-order valence-electron chi connectivity index (χ1n) is 7.32. The van der Waals surface area contributed by atoms with E-state index in [1.807, 2.05) is 56.8 Å².